The number of benzene rings is 1. The lowest BCUT2D eigenvalue weighted by Crippen LogP contribution is -2.06. The Hall–Kier alpha value is -2.17. The molecule has 5 heteroatoms. The Morgan fingerprint density at radius 1 is 0.710 bits per heavy atom. The van der Waals surface area contributed by atoms with Gasteiger partial charge in [-0.05, 0) is 31.0 Å². The van der Waals surface area contributed by atoms with Crippen LogP contribution < -0.4 is 0 Å². The Labute approximate surface area is 188 Å². The van der Waals surface area contributed by atoms with Crippen molar-refractivity contribution >= 4 is 18.2 Å². The molecule has 2 N–H and O–H groups in total. The number of carbonyl (C=O) groups excluding carboxylic acids is 1. The second-order valence-electron chi connectivity index (χ2n) is 8.14. The number of unbranched alkanes of at least 4 members (excludes halogenated alkanes) is 14. The molecule has 0 aromatic heterocycles. The summed E-state index contributed by atoms with van der Waals surface area (Å²) in [5, 5.41) is 17.4. The van der Waals surface area contributed by atoms with E-state index in [1.54, 1.807) is 0 Å². The average Bonchev–Trinajstić information content (AvgIpc) is 2.74. The minimum Gasteiger partial charge on any atom is -0.478 e. The first kappa shape index (κ1) is 28.8. The largest absolute Gasteiger partial charge is 0.478 e. The predicted octanol–water partition coefficient (Wildman–Crippen LogP) is 7.45. The molecule has 0 spiro atoms. The van der Waals surface area contributed by atoms with Crippen molar-refractivity contribution in [3.8, 4) is 0 Å². The number of carbonyl (C=O) groups is 3. The van der Waals surface area contributed by atoms with Gasteiger partial charge in [0.05, 0.1) is 11.1 Å². The van der Waals surface area contributed by atoms with Crippen molar-refractivity contribution in [3.05, 3.63) is 34.9 Å². The summed E-state index contributed by atoms with van der Waals surface area (Å²) in [4.78, 5) is 31.3. The van der Waals surface area contributed by atoms with Crippen LogP contribution in [-0.4, -0.2) is 28.4 Å². The van der Waals surface area contributed by atoms with Crippen LogP contribution >= 0.6 is 0 Å². The third kappa shape index (κ3) is 15.3. The number of carboxylic acids is 2. The molecule has 31 heavy (non-hydrogen) atoms. The van der Waals surface area contributed by atoms with E-state index in [4.69, 9.17) is 10.2 Å². The van der Waals surface area contributed by atoms with Crippen molar-refractivity contribution in [2.24, 2.45) is 0 Å². The zero-order chi connectivity index (χ0) is 23.3. The molecule has 1 rings (SSSR count). The highest BCUT2D eigenvalue weighted by atomic mass is 16.4. The van der Waals surface area contributed by atoms with Gasteiger partial charge < -0.3 is 15.0 Å². The highest BCUT2D eigenvalue weighted by Gasteiger charge is 2.13. The second kappa shape index (κ2) is 19.8. The molecule has 0 atom stereocenters. The van der Waals surface area contributed by atoms with Gasteiger partial charge in [-0.15, -0.1) is 0 Å². The number of carboxylic acid groups (broad SMARTS) is 2. The number of rotatable bonds is 17. The maximum Gasteiger partial charge on any atom is 0.335 e. The van der Waals surface area contributed by atoms with E-state index in [9.17, 15) is 14.4 Å². The summed E-state index contributed by atoms with van der Waals surface area (Å²) >= 11 is 0. The lowest BCUT2D eigenvalue weighted by atomic mass is 10.0. The minimum atomic E-state index is -1.11. The molecule has 0 aliphatic heterocycles. The predicted molar refractivity (Wildman–Crippen MR) is 126 cm³/mol. The number of hydrogen-bond acceptors (Lipinski definition) is 3. The second-order valence-corrected chi connectivity index (χ2v) is 8.14. The number of hydrogen-bond donors (Lipinski definition) is 2. The molecule has 0 fully saturated rings. The Balaban J connectivity index is 0.000000609. The van der Waals surface area contributed by atoms with Crippen molar-refractivity contribution in [1.82, 2.24) is 0 Å². The number of aromatic carboxylic acids is 2. The fourth-order valence-electron chi connectivity index (χ4n) is 3.52. The van der Waals surface area contributed by atoms with Crippen LogP contribution in [-0.2, 0) is 4.79 Å². The van der Waals surface area contributed by atoms with Gasteiger partial charge in [-0.25, -0.2) is 9.59 Å². The topological polar surface area (TPSA) is 91.7 Å². The van der Waals surface area contributed by atoms with Gasteiger partial charge in [-0.3, -0.25) is 0 Å². The molecule has 0 saturated heterocycles. The average molecular weight is 435 g/mol. The van der Waals surface area contributed by atoms with Gasteiger partial charge in [-0.2, -0.15) is 0 Å². The van der Waals surface area contributed by atoms with E-state index in [-0.39, 0.29) is 16.7 Å². The molecule has 0 aliphatic rings. The van der Waals surface area contributed by atoms with Crippen LogP contribution in [0.15, 0.2) is 18.2 Å². The van der Waals surface area contributed by atoms with E-state index < -0.39 is 11.9 Å². The zero-order valence-corrected chi connectivity index (χ0v) is 19.5. The van der Waals surface area contributed by atoms with Crippen LogP contribution in [0, 0.1) is 6.92 Å². The van der Waals surface area contributed by atoms with Crippen molar-refractivity contribution < 1.29 is 24.6 Å². The first-order valence-electron chi connectivity index (χ1n) is 12.0. The van der Waals surface area contributed by atoms with Gasteiger partial charge in [0, 0.05) is 6.42 Å². The summed E-state index contributed by atoms with van der Waals surface area (Å²) in [6, 6.07) is 4.17. The summed E-state index contributed by atoms with van der Waals surface area (Å²) in [7, 11) is 0. The molecule has 0 heterocycles. The third-order valence-electron chi connectivity index (χ3n) is 5.47. The van der Waals surface area contributed by atoms with Crippen molar-refractivity contribution in [2.45, 2.75) is 110 Å². The standard InChI is InChI=1S/C17H34O.C9H8O4/c1-2-3-4-5-6-7-8-9-10-11-12-13-14-15-16-17-18;1-5-6(8(10)11)3-2-4-7(5)9(12)13/h17H,2-16H2,1H3;2-4H,1H3,(H,10,11)(H,12,13). The molecule has 176 valence electrons. The van der Waals surface area contributed by atoms with E-state index in [1.165, 1.54) is 109 Å². The van der Waals surface area contributed by atoms with Crippen LogP contribution in [0.5, 0.6) is 0 Å². The van der Waals surface area contributed by atoms with Gasteiger partial charge in [0.25, 0.3) is 0 Å². The summed E-state index contributed by atoms with van der Waals surface area (Å²) < 4.78 is 0. The highest BCUT2D eigenvalue weighted by molar-refractivity contribution is 5.96. The summed E-state index contributed by atoms with van der Waals surface area (Å²) in [5.41, 5.74) is 0.335. The molecule has 0 amide bonds. The monoisotopic (exact) mass is 434 g/mol. The fraction of sp³-hybridized carbons (Fsp3) is 0.654. The minimum absolute atomic E-state index is 0.0277. The SMILES string of the molecule is CCCCCCCCCCCCCCCCC=O.Cc1c(C(=O)O)cccc1C(=O)O. The van der Waals surface area contributed by atoms with Gasteiger partial charge in [0.2, 0.25) is 0 Å². The maximum absolute atomic E-state index is 10.6. The molecule has 0 radical (unpaired) electrons. The van der Waals surface area contributed by atoms with Crippen LogP contribution in [0.25, 0.3) is 0 Å². The smallest absolute Gasteiger partial charge is 0.335 e. The summed E-state index contributed by atoms with van der Waals surface area (Å²) in [5.74, 6) is -2.22. The number of aldehydes is 1. The molecule has 0 unspecified atom stereocenters. The van der Waals surface area contributed by atoms with Crippen LogP contribution in [0.2, 0.25) is 0 Å². The lowest BCUT2D eigenvalue weighted by molar-refractivity contribution is -0.107. The zero-order valence-electron chi connectivity index (χ0n) is 19.5. The van der Waals surface area contributed by atoms with E-state index in [0.717, 1.165) is 19.1 Å². The molecule has 0 aliphatic carbocycles. The molecular formula is C26H42O5. The third-order valence-corrected chi connectivity index (χ3v) is 5.47. The Kier molecular flexibility index (Phi) is 18.4. The Bertz CT molecular complexity index is 592. The molecule has 1 aromatic rings. The molecule has 0 bridgehead atoms. The first-order chi connectivity index (χ1) is 15.0. The van der Waals surface area contributed by atoms with Crippen molar-refractivity contribution in [1.29, 1.82) is 0 Å². The molecule has 1 aromatic carbocycles. The molecule has 0 saturated carbocycles. The highest BCUT2D eigenvalue weighted by Crippen LogP contribution is 2.14. The summed E-state index contributed by atoms with van der Waals surface area (Å²) in [6.07, 6.45) is 21.1. The summed E-state index contributed by atoms with van der Waals surface area (Å²) in [6.45, 7) is 3.76. The van der Waals surface area contributed by atoms with E-state index in [2.05, 4.69) is 6.92 Å². The lowest BCUT2D eigenvalue weighted by Gasteiger charge is -2.03. The maximum atomic E-state index is 10.6. The fourth-order valence-corrected chi connectivity index (χ4v) is 3.52. The Morgan fingerprint density at radius 2 is 1.06 bits per heavy atom. The van der Waals surface area contributed by atoms with Crippen molar-refractivity contribution in [3.63, 3.8) is 0 Å². The van der Waals surface area contributed by atoms with Crippen LogP contribution in [0.4, 0.5) is 0 Å². The molecule has 5 nitrogen and oxygen atoms in total. The van der Waals surface area contributed by atoms with E-state index >= 15 is 0 Å². The Morgan fingerprint density at radius 3 is 1.39 bits per heavy atom. The van der Waals surface area contributed by atoms with Gasteiger partial charge in [-0.1, -0.05) is 96.5 Å². The normalized spacial score (nSPS) is 10.3. The van der Waals surface area contributed by atoms with Crippen molar-refractivity contribution in [2.75, 3.05) is 0 Å². The first-order valence-corrected chi connectivity index (χ1v) is 12.0. The van der Waals surface area contributed by atoms with Crippen LogP contribution in [0.1, 0.15) is 130 Å². The van der Waals surface area contributed by atoms with Gasteiger partial charge in [0.15, 0.2) is 0 Å². The van der Waals surface area contributed by atoms with E-state index in [0.29, 0.717) is 0 Å². The van der Waals surface area contributed by atoms with Gasteiger partial charge in [0.1, 0.15) is 6.29 Å². The van der Waals surface area contributed by atoms with Gasteiger partial charge >= 0.3 is 11.9 Å². The van der Waals surface area contributed by atoms with Crippen LogP contribution in [0.3, 0.4) is 0 Å². The van der Waals surface area contributed by atoms with E-state index in [1.807, 2.05) is 0 Å². The molecular weight excluding hydrogens is 392 g/mol. The quantitative estimate of drug-likeness (QED) is 0.196.